The van der Waals surface area contributed by atoms with E-state index in [0.717, 1.165) is 23.8 Å². The topological polar surface area (TPSA) is 84.5 Å². The predicted octanol–water partition coefficient (Wildman–Crippen LogP) is 2.69. The number of aromatic nitrogens is 1. The third kappa shape index (κ3) is 6.19. The van der Waals surface area contributed by atoms with Gasteiger partial charge >= 0.3 is 0 Å². The van der Waals surface area contributed by atoms with E-state index in [1.54, 1.807) is 19.5 Å². The van der Waals surface area contributed by atoms with Crippen LogP contribution in [0.2, 0.25) is 0 Å². The van der Waals surface area contributed by atoms with Crippen LogP contribution in [0.25, 0.3) is 0 Å². The van der Waals surface area contributed by atoms with Crippen molar-refractivity contribution in [3.63, 3.8) is 0 Å². The van der Waals surface area contributed by atoms with Crippen LogP contribution in [0.4, 0.5) is 14.5 Å². The Labute approximate surface area is 183 Å². The largest absolute Gasteiger partial charge is 0.489 e. The Morgan fingerprint density at radius 3 is 2.77 bits per heavy atom. The number of thiocarbonyl (C=S) groups is 1. The molecule has 2 heterocycles. The highest BCUT2D eigenvalue weighted by atomic mass is 32.1. The second-order valence-corrected chi connectivity index (χ2v) is 7.06. The summed E-state index contributed by atoms with van der Waals surface area (Å²) in [7, 11) is 1.59. The van der Waals surface area contributed by atoms with Crippen molar-refractivity contribution in [1.29, 1.82) is 0 Å². The fraction of sp³-hybridized carbons (Fsp3) is 0.286. The van der Waals surface area contributed by atoms with Gasteiger partial charge in [-0.2, -0.15) is 0 Å². The number of carbonyl (C=O) groups excluding carboxylic acids is 1. The van der Waals surface area contributed by atoms with Crippen LogP contribution in [0, 0.1) is 11.6 Å². The fourth-order valence-electron chi connectivity index (χ4n) is 3.01. The molecule has 1 aromatic heterocycles. The maximum Gasteiger partial charge on any atom is 0.256 e. The molecule has 1 aromatic carbocycles. The summed E-state index contributed by atoms with van der Waals surface area (Å²) < 4.78 is 37.6. The number of hydrogen-bond donors (Lipinski definition) is 3. The lowest BCUT2D eigenvalue weighted by Crippen LogP contribution is -2.39. The summed E-state index contributed by atoms with van der Waals surface area (Å²) in [6.07, 6.45) is 3.78. The van der Waals surface area contributed by atoms with Crippen molar-refractivity contribution in [2.75, 3.05) is 32.2 Å². The van der Waals surface area contributed by atoms with Gasteiger partial charge in [0.25, 0.3) is 5.91 Å². The molecular weight excluding hydrogens is 426 g/mol. The summed E-state index contributed by atoms with van der Waals surface area (Å²) in [6.45, 7) is 1.63. The molecule has 3 N–H and O–H groups in total. The highest BCUT2D eigenvalue weighted by Gasteiger charge is 2.24. The van der Waals surface area contributed by atoms with Gasteiger partial charge < -0.3 is 25.4 Å². The molecular formula is C21H22F2N4O3S. The number of amides is 1. The minimum Gasteiger partial charge on any atom is -0.489 e. The summed E-state index contributed by atoms with van der Waals surface area (Å²) in [4.78, 5) is 16.6. The van der Waals surface area contributed by atoms with E-state index >= 15 is 0 Å². The van der Waals surface area contributed by atoms with Crippen molar-refractivity contribution in [1.82, 2.24) is 15.6 Å². The summed E-state index contributed by atoms with van der Waals surface area (Å²) in [5, 5.41) is 8.72. The molecule has 0 spiro atoms. The molecule has 3 rings (SSSR count). The van der Waals surface area contributed by atoms with Crippen LogP contribution in [0.15, 0.2) is 47.9 Å². The van der Waals surface area contributed by atoms with Gasteiger partial charge in [0.1, 0.15) is 29.0 Å². The first kappa shape index (κ1) is 22.6. The molecule has 31 heavy (non-hydrogen) atoms. The van der Waals surface area contributed by atoms with Crippen molar-refractivity contribution in [3.05, 3.63) is 65.1 Å². The maximum atomic E-state index is 13.5. The molecule has 10 heteroatoms. The number of benzene rings is 1. The Bertz CT molecular complexity index is 980. The number of nitrogens with one attached hydrogen (secondary N) is 3. The Morgan fingerprint density at radius 2 is 2.03 bits per heavy atom. The molecule has 7 nitrogen and oxygen atoms in total. The van der Waals surface area contributed by atoms with Gasteiger partial charge in [-0.05, 0) is 18.2 Å². The van der Waals surface area contributed by atoms with Crippen LogP contribution in [-0.2, 0) is 16.1 Å². The number of carbonyl (C=O) groups is 1. The molecule has 0 aliphatic carbocycles. The van der Waals surface area contributed by atoms with E-state index in [-0.39, 0.29) is 22.2 Å². The lowest BCUT2D eigenvalue weighted by molar-refractivity contribution is -0.117. The third-order valence-corrected chi connectivity index (χ3v) is 4.75. The molecule has 0 fully saturated rings. The van der Waals surface area contributed by atoms with E-state index in [0.29, 0.717) is 44.2 Å². The average molecular weight is 448 g/mol. The molecule has 164 valence electrons. The molecule has 0 saturated heterocycles. The number of anilines is 1. The minimum atomic E-state index is -0.746. The van der Waals surface area contributed by atoms with Gasteiger partial charge in [0.2, 0.25) is 0 Å². The van der Waals surface area contributed by atoms with E-state index in [9.17, 15) is 13.6 Å². The first-order chi connectivity index (χ1) is 15.0. The number of halogens is 2. The Kier molecular flexibility index (Phi) is 7.85. The second-order valence-electron chi connectivity index (χ2n) is 6.65. The highest BCUT2D eigenvalue weighted by molar-refractivity contribution is 7.81. The Balaban J connectivity index is 1.77. The van der Waals surface area contributed by atoms with Gasteiger partial charge in [-0.25, -0.2) is 8.78 Å². The molecule has 2 aromatic rings. The normalized spacial score (nSPS) is 13.6. The lowest BCUT2D eigenvalue weighted by atomic mass is 10.1. The third-order valence-electron chi connectivity index (χ3n) is 4.44. The van der Waals surface area contributed by atoms with Crippen molar-refractivity contribution >= 4 is 28.8 Å². The number of rotatable bonds is 9. The van der Waals surface area contributed by atoms with Crippen LogP contribution >= 0.6 is 12.2 Å². The fourth-order valence-corrected chi connectivity index (χ4v) is 3.34. The number of nitrogens with zero attached hydrogens (tertiary/aromatic N) is 1. The van der Waals surface area contributed by atoms with Gasteiger partial charge in [-0.1, -0.05) is 12.2 Å². The molecule has 0 bridgehead atoms. The molecule has 1 aliphatic heterocycles. The van der Waals surface area contributed by atoms with Crippen molar-refractivity contribution in [3.8, 4) is 5.75 Å². The quantitative estimate of drug-likeness (QED) is 0.402. The van der Waals surface area contributed by atoms with Crippen molar-refractivity contribution in [2.45, 2.75) is 13.0 Å². The SMILES string of the molecule is COCCOc1cnccc1CNC1=C(C(=S)Nc2cc(F)cc(F)c2)C(=O)NCC1. The zero-order valence-electron chi connectivity index (χ0n) is 16.8. The number of pyridine rings is 1. The number of ether oxygens (including phenoxy) is 2. The van der Waals surface area contributed by atoms with E-state index in [2.05, 4.69) is 20.9 Å². The van der Waals surface area contributed by atoms with E-state index in [1.807, 2.05) is 6.07 Å². The van der Waals surface area contributed by atoms with Gasteiger partial charge in [0.05, 0.1) is 18.4 Å². The first-order valence-electron chi connectivity index (χ1n) is 9.55. The average Bonchev–Trinajstić information content (AvgIpc) is 2.72. The van der Waals surface area contributed by atoms with E-state index < -0.39 is 11.6 Å². The summed E-state index contributed by atoms with van der Waals surface area (Å²) in [5.41, 5.74) is 1.81. The molecule has 0 unspecified atom stereocenters. The van der Waals surface area contributed by atoms with Gasteiger partial charge in [0, 0.05) is 55.8 Å². The molecule has 0 saturated carbocycles. The Morgan fingerprint density at radius 1 is 1.26 bits per heavy atom. The smallest absolute Gasteiger partial charge is 0.256 e. The van der Waals surface area contributed by atoms with E-state index in [1.165, 1.54) is 0 Å². The van der Waals surface area contributed by atoms with E-state index in [4.69, 9.17) is 21.7 Å². The second kappa shape index (κ2) is 10.8. The maximum absolute atomic E-state index is 13.5. The molecule has 0 atom stereocenters. The van der Waals surface area contributed by atoms with Gasteiger partial charge in [-0.3, -0.25) is 9.78 Å². The highest BCUT2D eigenvalue weighted by Crippen LogP contribution is 2.20. The zero-order chi connectivity index (χ0) is 22.2. The number of methoxy groups -OCH3 is 1. The molecule has 1 amide bonds. The van der Waals surface area contributed by atoms with Crippen LogP contribution in [-0.4, -0.2) is 42.7 Å². The van der Waals surface area contributed by atoms with Crippen LogP contribution in [0.3, 0.4) is 0 Å². The summed E-state index contributed by atoms with van der Waals surface area (Å²) >= 11 is 5.36. The molecule has 1 aliphatic rings. The van der Waals surface area contributed by atoms with Crippen molar-refractivity contribution < 1.29 is 23.0 Å². The molecule has 0 radical (unpaired) electrons. The summed E-state index contributed by atoms with van der Waals surface area (Å²) in [6, 6.07) is 4.77. The first-order valence-corrected chi connectivity index (χ1v) is 9.96. The standard InChI is InChI=1S/C21H22F2N4O3S/c1-29-6-7-30-18-12-24-4-2-13(18)11-26-17-3-5-25-20(28)19(17)21(31)27-16-9-14(22)8-15(23)10-16/h2,4,8-10,12,26H,3,5-7,11H2,1H3,(H,25,28)(H,27,31). The van der Waals surface area contributed by atoms with Crippen LogP contribution in [0.1, 0.15) is 12.0 Å². The van der Waals surface area contributed by atoms with Gasteiger partial charge in [-0.15, -0.1) is 0 Å². The summed E-state index contributed by atoms with van der Waals surface area (Å²) in [5.74, 6) is -1.26. The van der Waals surface area contributed by atoms with Gasteiger partial charge in [0.15, 0.2) is 0 Å². The zero-order valence-corrected chi connectivity index (χ0v) is 17.7. The lowest BCUT2D eigenvalue weighted by Gasteiger charge is -2.23. The minimum absolute atomic E-state index is 0.0657. The van der Waals surface area contributed by atoms with Crippen LogP contribution < -0.4 is 20.7 Å². The van der Waals surface area contributed by atoms with Crippen molar-refractivity contribution in [2.24, 2.45) is 0 Å². The monoisotopic (exact) mass is 448 g/mol. The van der Waals surface area contributed by atoms with Crippen LogP contribution in [0.5, 0.6) is 5.75 Å². The Hall–Kier alpha value is -3.11. The predicted molar refractivity (Wildman–Crippen MR) is 116 cm³/mol. The number of hydrogen-bond acceptors (Lipinski definition) is 6.